The Bertz CT molecular complexity index is 1140. The molecule has 4 nitrogen and oxygen atoms in total. The lowest BCUT2D eigenvalue weighted by Crippen LogP contribution is -2.28. The highest BCUT2D eigenvalue weighted by Crippen LogP contribution is 2.36. The van der Waals surface area contributed by atoms with Gasteiger partial charge in [0.15, 0.2) is 0 Å². The average molecular weight is 373 g/mol. The van der Waals surface area contributed by atoms with Crippen molar-refractivity contribution in [1.29, 1.82) is 0 Å². The van der Waals surface area contributed by atoms with E-state index in [4.69, 9.17) is 4.65 Å². The molecule has 2 N–H and O–H groups in total. The Kier molecular flexibility index (Phi) is 3.97. The smallest absolute Gasteiger partial charge is 0.491 e. The Balaban J connectivity index is 1.61. The fraction of sp³-hybridized carbons (Fsp3) is 0.0476. The van der Waals surface area contributed by atoms with Crippen molar-refractivity contribution in [2.24, 2.45) is 0 Å². The van der Waals surface area contributed by atoms with Gasteiger partial charge in [-0.25, -0.2) is 0 Å². The van der Waals surface area contributed by atoms with Gasteiger partial charge < -0.3 is 19.4 Å². The molecule has 0 unspecified atom stereocenters. The van der Waals surface area contributed by atoms with Gasteiger partial charge in [-0.2, -0.15) is 0 Å². The zero-order chi connectivity index (χ0) is 18.4. The van der Waals surface area contributed by atoms with Crippen LogP contribution in [0.5, 0.6) is 5.75 Å². The molecule has 3 aromatic carbocycles. The van der Waals surface area contributed by atoms with Gasteiger partial charge in [-0.15, -0.1) is 0 Å². The molecule has 0 spiro atoms. The molecule has 5 rings (SSSR count). The van der Waals surface area contributed by atoms with E-state index >= 15 is 0 Å². The first-order valence-electron chi connectivity index (χ1n) is 8.69. The molecule has 0 atom stereocenters. The van der Waals surface area contributed by atoms with Crippen LogP contribution in [0.2, 0.25) is 0 Å². The van der Waals surface area contributed by atoms with Gasteiger partial charge in [0.2, 0.25) is 0 Å². The SMILES string of the molecule is OB1OCc2ccc(-n3cc(Sc4ccc(O)cc4)c4ccccc43)cc21. The van der Waals surface area contributed by atoms with Gasteiger partial charge in [0.1, 0.15) is 5.75 Å². The van der Waals surface area contributed by atoms with E-state index < -0.39 is 7.12 Å². The first kappa shape index (κ1) is 16.5. The summed E-state index contributed by atoms with van der Waals surface area (Å²) in [6.07, 6.45) is 2.12. The van der Waals surface area contributed by atoms with Gasteiger partial charge in [0.05, 0.1) is 12.1 Å². The van der Waals surface area contributed by atoms with Crippen LogP contribution in [0, 0.1) is 0 Å². The van der Waals surface area contributed by atoms with E-state index in [0.717, 1.165) is 37.4 Å². The number of phenols is 1. The summed E-state index contributed by atoms with van der Waals surface area (Å²) in [4.78, 5) is 2.20. The average Bonchev–Trinajstić information content (AvgIpc) is 3.25. The summed E-state index contributed by atoms with van der Waals surface area (Å²) in [6, 6.07) is 21.6. The largest absolute Gasteiger partial charge is 0.508 e. The van der Waals surface area contributed by atoms with Crippen molar-refractivity contribution in [3.05, 3.63) is 78.5 Å². The normalized spacial score (nSPS) is 13.3. The van der Waals surface area contributed by atoms with E-state index in [1.807, 2.05) is 36.4 Å². The van der Waals surface area contributed by atoms with Crippen LogP contribution in [0.4, 0.5) is 0 Å². The monoisotopic (exact) mass is 373 g/mol. The molecule has 0 radical (unpaired) electrons. The lowest BCUT2D eigenvalue weighted by atomic mass is 9.79. The quantitative estimate of drug-likeness (QED) is 0.538. The first-order chi connectivity index (χ1) is 13.2. The summed E-state index contributed by atoms with van der Waals surface area (Å²) in [5.74, 6) is 0.265. The van der Waals surface area contributed by atoms with E-state index in [-0.39, 0.29) is 5.75 Å². The third kappa shape index (κ3) is 2.92. The third-order valence-electron chi connectivity index (χ3n) is 4.81. The van der Waals surface area contributed by atoms with E-state index in [0.29, 0.717) is 6.61 Å². The van der Waals surface area contributed by atoms with Gasteiger partial charge in [-0.3, -0.25) is 0 Å². The Hall–Kier alpha value is -2.67. The number of benzene rings is 3. The second-order valence-corrected chi connectivity index (χ2v) is 7.64. The molecule has 0 fully saturated rings. The number of aromatic nitrogens is 1. The summed E-state index contributed by atoms with van der Waals surface area (Å²) in [5.41, 5.74) is 3.96. The number of aromatic hydroxyl groups is 1. The van der Waals surface area contributed by atoms with E-state index in [2.05, 4.69) is 29.0 Å². The fourth-order valence-corrected chi connectivity index (χ4v) is 4.40. The predicted octanol–water partition coefficient (Wildman–Crippen LogP) is 3.71. The molecule has 27 heavy (non-hydrogen) atoms. The second kappa shape index (κ2) is 6.49. The lowest BCUT2D eigenvalue weighted by molar-refractivity contribution is 0.275. The maximum absolute atomic E-state index is 10.0. The molecule has 1 aromatic heterocycles. The van der Waals surface area contributed by atoms with Gasteiger partial charge in [-0.1, -0.05) is 36.0 Å². The standard InChI is InChI=1S/C21H16BNO3S/c24-16-7-9-17(10-8-16)27-21-12-23(20-4-2-1-3-18(20)21)15-6-5-14-13-26-22(25)19(14)11-15/h1-12,24-25H,13H2. The minimum Gasteiger partial charge on any atom is -0.508 e. The van der Waals surface area contributed by atoms with Crippen LogP contribution in [0.25, 0.3) is 16.6 Å². The maximum atomic E-state index is 10.0. The molecule has 6 heteroatoms. The molecule has 132 valence electrons. The van der Waals surface area contributed by atoms with Crippen LogP contribution in [-0.2, 0) is 11.3 Å². The molecule has 0 saturated heterocycles. The minimum absolute atomic E-state index is 0.265. The van der Waals surface area contributed by atoms with Crippen molar-refractivity contribution in [2.45, 2.75) is 16.4 Å². The molecular weight excluding hydrogens is 357 g/mol. The minimum atomic E-state index is -0.854. The highest BCUT2D eigenvalue weighted by atomic mass is 32.2. The highest BCUT2D eigenvalue weighted by Gasteiger charge is 2.27. The lowest BCUT2D eigenvalue weighted by Gasteiger charge is -2.07. The summed E-state index contributed by atoms with van der Waals surface area (Å²) in [5, 5.41) is 20.7. The summed E-state index contributed by atoms with van der Waals surface area (Å²) in [7, 11) is -0.854. The molecule has 4 aromatic rings. The van der Waals surface area contributed by atoms with Gasteiger partial charge in [0, 0.05) is 27.1 Å². The van der Waals surface area contributed by atoms with Crippen LogP contribution in [0.1, 0.15) is 5.56 Å². The van der Waals surface area contributed by atoms with Crippen molar-refractivity contribution in [3.8, 4) is 11.4 Å². The van der Waals surface area contributed by atoms with E-state index in [1.54, 1.807) is 23.9 Å². The van der Waals surface area contributed by atoms with Crippen LogP contribution in [-0.4, -0.2) is 21.8 Å². The molecule has 0 bridgehead atoms. The molecule has 0 aliphatic carbocycles. The second-order valence-electron chi connectivity index (χ2n) is 6.52. The number of hydrogen-bond donors (Lipinski definition) is 2. The number of hydrogen-bond acceptors (Lipinski definition) is 4. The van der Waals surface area contributed by atoms with Gasteiger partial charge >= 0.3 is 7.12 Å². The van der Waals surface area contributed by atoms with E-state index in [1.165, 1.54) is 0 Å². The van der Waals surface area contributed by atoms with Crippen LogP contribution in [0.3, 0.4) is 0 Å². The number of rotatable bonds is 3. The Labute approximate surface area is 161 Å². The zero-order valence-corrected chi connectivity index (χ0v) is 15.2. The van der Waals surface area contributed by atoms with Crippen molar-refractivity contribution in [3.63, 3.8) is 0 Å². The van der Waals surface area contributed by atoms with Gasteiger partial charge in [-0.05, 0) is 53.5 Å². The molecule has 1 aliphatic rings. The Morgan fingerprint density at radius 2 is 1.81 bits per heavy atom. The highest BCUT2D eigenvalue weighted by molar-refractivity contribution is 7.99. The summed E-state index contributed by atoms with van der Waals surface area (Å²) >= 11 is 1.66. The zero-order valence-electron chi connectivity index (χ0n) is 14.4. The molecule has 2 heterocycles. The first-order valence-corrected chi connectivity index (χ1v) is 9.50. The van der Waals surface area contributed by atoms with Crippen LogP contribution >= 0.6 is 11.8 Å². The topological polar surface area (TPSA) is 54.6 Å². The fourth-order valence-electron chi connectivity index (χ4n) is 3.44. The van der Waals surface area contributed by atoms with E-state index in [9.17, 15) is 10.1 Å². The maximum Gasteiger partial charge on any atom is 0.491 e. The summed E-state index contributed by atoms with van der Waals surface area (Å²) in [6.45, 7) is 0.450. The predicted molar refractivity (Wildman–Crippen MR) is 108 cm³/mol. The van der Waals surface area contributed by atoms with Crippen molar-refractivity contribution < 1.29 is 14.8 Å². The third-order valence-corrected chi connectivity index (χ3v) is 5.86. The molecule has 0 amide bonds. The summed E-state index contributed by atoms with van der Waals surface area (Å²) < 4.78 is 7.46. The number of para-hydroxylation sites is 1. The number of fused-ring (bicyclic) bond motifs is 2. The number of nitrogens with zero attached hydrogens (tertiary/aromatic N) is 1. The number of phenolic OH excluding ortho intramolecular Hbond substituents is 1. The molecular formula is C21H16BNO3S. The van der Waals surface area contributed by atoms with Crippen molar-refractivity contribution in [1.82, 2.24) is 4.57 Å². The van der Waals surface area contributed by atoms with Gasteiger partial charge in [0.25, 0.3) is 0 Å². The van der Waals surface area contributed by atoms with Crippen LogP contribution in [0.15, 0.2) is 82.7 Å². The Morgan fingerprint density at radius 1 is 1.00 bits per heavy atom. The van der Waals surface area contributed by atoms with Crippen molar-refractivity contribution >= 4 is 35.2 Å². The molecule has 0 saturated carbocycles. The van der Waals surface area contributed by atoms with Crippen molar-refractivity contribution in [2.75, 3.05) is 0 Å². The van der Waals surface area contributed by atoms with Crippen LogP contribution < -0.4 is 5.46 Å². The Morgan fingerprint density at radius 3 is 2.67 bits per heavy atom. The molecule has 1 aliphatic heterocycles.